The van der Waals surface area contributed by atoms with Gasteiger partial charge in [-0.2, -0.15) is 0 Å². The molecule has 1 aromatic rings. The molecule has 0 unspecified atom stereocenters. The fourth-order valence-electron chi connectivity index (χ4n) is 4.80. The fourth-order valence-corrected chi connectivity index (χ4v) is 4.80. The Morgan fingerprint density at radius 2 is 0.833 bits per heavy atom. The molecular weight excluding hydrogens is 444 g/mol. The van der Waals surface area contributed by atoms with Crippen molar-refractivity contribution in [3.63, 3.8) is 0 Å². The first-order valence-corrected chi connectivity index (χ1v) is 15.6. The van der Waals surface area contributed by atoms with Crippen LogP contribution in [0.5, 0.6) is 5.75 Å². The molecule has 0 bridgehead atoms. The molecular formula is C33H58O3. The van der Waals surface area contributed by atoms with Gasteiger partial charge in [-0.25, -0.2) is 0 Å². The first kappa shape index (κ1) is 32.7. The molecule has 0 amide bonds. The van der Waals surface area contributed by atoms with Gasteiger partial charge in [0.05, 0.1) is 6.61 Å². The van der Waals surface area contributed by atoms with E-state index in [1.165, 1.54) is 135 Å². The molecule has 36 heavy (non-hydrogen) atoms. The first-order chi connectivity index (χ1) is 17.9. The molecule has 0 heterocycles. The Balaban J connectivity index is 1.63. The van der Waals surface area contributed by atoms with Crippen LogP contribution < -0.4 is 4.74 Å². The SMILES string of the molecule is O=CCCCCCCCCCCCCCCCCCCCCCCCCOCCOc1ccccc1. The summed E-state index contributed by atoms with van der Waals surface area (Å²) in [6, 6.07) is 9.95. The maximum absolute atomic E-state index is 10.3. The van der Waals surface area contributed by atoms with Crippen LogP contribution in [0, 0.1) is 0 Å². The molecule has 208 valence electrons. The molecule has 3 nitrogen and oxygen atoms in total. The molecule has 0 radical (unpaired) electrons. The van der Waals surface area contributed by atoms with Crippen molar-refractivity contribution in [3.8, 4) is 5.75 Å². The largest absolute Gasteiger partial charge is 0.491 e. The van der Waals surface area contributed by atoms with Crippen LogP contribution in [0.25, 0.3) is 0 Å². The van der Waals surface area contributed by atoms with E-state index in [4.69, 9.17) is 9.47 Å². The zero-order chi connectivity index (χ0) is 25.6. The van der Waals surface area contributed by atoms with E-state index in [1.54, 1.807) is 0 Å². The van der Waals surface area contributed by atoms with Crippen molar-refractivity contribution < 1.29 is 14.3 Å². The van der Waals surface area contributed by atoms with Crippen LogP contribution in [0.3, 0.4) is 0 Å². The number of ether oxygens (including phenoxy) is 2. The standard InChI is InChI=1S/C33H58O3/c34-29-25-20-18-16-14-12-10-8-6-4-2-1-3-5-7-9-11-13-15-17-19-21-26-30-35-31-32-36-33-27-23-22-24-28-33/h22-24,27-29H,1-21,25-26,30-32H2. The average molecular weight is 503 g/mol. The van der Waals surface area contributed by atoms with E-state index in [-0.39, 0.29) is 0 Å². The third kappa shape index (κ3) is 24.3. The van der Waals surface area contributed by atoms with Crippen LogP contribution in [0.1, 0.15) is 148 Å². The first-order valence-electron chi connectivity index (χ1n) is 15.6. The normalized spacial score (nSPS) is 11.1. The minimum Gasteiger partial charge on any atom is -0.491 e. The van der Waals surface area contributed by atoms with Crippen LogP contribution in [0.15, 0.2) is 30.3 Å². The maximum Gasteiger partial charge on any atom is 0.119 e. The van der Waals surface area contributed by atoms with Crippen molar-refractivity contribution in [2.24, 2.45) is 0 Å². The summed E-state index contributed by atoms with van der Waals surface area (Å²) < 4.78 is 11.3. The number of aldehydes is 1. The summed E-state index contributed by atoms with van der Waals surface area (Å²) in [5.41, 5.74) is 0. The molecule has 1 rings (SSSR count). The van der Waals surface area contributed by atoms with Gasteiger partial charge in [0.2, 0.25) is 0 Å². The molecule has 0 fully saturated rings. The number of hydrogen-bond donors (Lipinski definition) is 0. The van der Waals surface area contributed by atoms with E-state index >= 15 is 0 Å². The second-order valence-corrected chi connectivity index (χ2v) is 10.5. The summed E-state index contributed by atoms with van der Waals surface area (Å²) in [5, 5.41) is 0. The Hall–Kier alpha value is -1.35. The van der Waals surface area contributed by atoms with Gasteiger partial charge in [0.25, 0.3) is 0 Å². The summed E-state index contributed by atoms with van der Waals surface area (Å²) in [5.74, 6) is 0.921. The maximum atomic E-state index is 10.3. The van der Waals surface area contributed by atoms with Crippen molar-refractivity contribution in [1.29, 1.82) is 0 Å². The van der Waals surface area contributed by atoms with Crippen LogP contribution in [0.4, 0.5) is 0 Å². The van der Waals surface area contributed by atoms with Gasteiger partial charge in [0.15, 0.2) is 0 Å². The molecule has 1 aromatic carbocycles. The molecule has 0 atom stereocenters. The van der Waals surface area contributed by atoms with Crippen molar-refractivity contribution >= 4 is 6.29 Å². The van der Waals surface area contributed by atoms with Gasteiger partial charge in [-0.05, 0) is 25.0 Å². The number of para-hydroxylation sites is 1. The Labute approximate surface area is 224 Å². The highest BCUT2D eigenvalue weighted by Crippen LogP contribution is 2.15. The molecule has 3 heteroatoms. The monoisotopic (exact) mass is 502 g/mol. The third-order valence-corrected chi connectivity index (χ3v) is 7.10. The third-order valence-electron chi connectivity index (χ3n) is 7.10. The van der Waals surface area contributed by atoms with Crippen molar-refractivity contribution in [1.82, 2.24) is 0 Å². The van der Waals surface area contributed by atoms with Gasteiger partial charge in [-0.1, -0.05) is 147 Å². The van der Waals surface area contributed by atoms with E-state index in [0.717, 1.165) is 31.5 Å². The number of benzene rings is 1. The van der Waals surface area contributed by atoms with Crippen LogP contribution in [-0.2, 0) is 9.53 Å². The van der Waals surface area contributed by atoms with E-state index in [0.29, 0.717) is 13.2 Å². The molecule has 0 aliphatic rings. The number of carbonyl (C=O) groups is 1. The zero-order valence-electron chi connectivity index (χ0n) is 23.6. The smallest absolute Gasteiger partial charge is 0.119 e. The van der Waals surface area contributed by atoms with Gasteiger partial charge in [0, 0.05) is 13.0 Å². The van der Waals surface area contributed by atoms with Gasteiger partial charge in [-0.15, -0.1) is 0 Å². The van der Waals surface area contributed by atoms with Gasteiger partial charge in [-0.3, -0.25) is 0 Å². The number of hydrogen-bond acceptors (Lipinski definition) is 3. The Morgan fingerprint density at radius 3 is 1.25 bits per heavy atom. The number of unbranched alkanes of at least 4 members (excludes halogenated alkanes) is 22. The number of carbonyl (C=O) groups excluding carboxylic acids is 1. The molecule has 0 saturated carbocycles. The van der Waals surface area contributed by atoms with Gasteiger partial charge in [0.1, 0.15) is 18.6 Å². The highest BCUT2D eigenvalue weighted by Gasteiger charge is 1.97. The summed E-state index contributed by atoms with van der Waals surface area (Å²) in [4.78, 5) is 10.3. The highest BCUT2D eigenvalue weighted by atomic mass is 16.5. The minimum atomic E-state index is 0.636. The molecule has 0 aliphatic carbocycles. The van der Waals surface area contributed by atoms with Crippen molar-refractivity contribution in [2.75, 3.05) is 19.8 Å². The lowest BCUT2D eigenvalue weighted by molar-refractivity contribution is -0.107. The summed E-state index contributed by atoms with van der Waals surface area (Å²) in [7, 11) is 0. The van der Waals surface area contributed by atoms with E-state index in [2.05, 4.69) is 0 Å². The summed E-state index contributed by atoms with van der Waals surface area (Å²) in [6.07, 6.45) is 32.0. The Kier molecular flexibility index (Phi) is 25.6. The summed E-state index contributed by atoms with van der Waals surface area (Å²) in [6.45, 7) is 2.18. The van der Waals surface area contributed by atoms with Crippen molar-refractivity contribution in [3.05, 3.63) is 30.3 Å². The van der Waals surface area contributed by atoms with Gasteiger partial charge >= 0.3 is 0 Å². The molecule has 0 N–H and O–H groups in total. The lowest BCUT2D eigenvalue weighted by Crippen LogP contribution is -2.07. The molecule has 0 aromatic heterocycles. The van der Waals surface area contributed by atoms with E-state index in [1.807, 2.05) is 30.3 Å². The lowest BCUT2D eigenvalue weighted by atomic mass is 10.0. The van der Waals surface area contributed by atoms with E-state index in [9.17, 15) is 4.79 Å². The van der Waals surface area contributed by atoms with E-state index < -0.39 is 0 Å². The number of rotatable bonds is 29. The minimum absolute atomic E-state index is 0.636. The average Bonchev–Trinajstić information content (AvgIpc) is 2.91. The second-order valence-electron chi connectivity index (χ2n) is 10.5. The zero-order valence-corrected chi connectivity index (χ0v) is 23.6. The predicted molar refractivity (Wildman–Crippen MR) is 155 cm³/mol. The topological polar surface area (TPSA) is 35.5 Å². The lowest BCUT2D eigenvalue weighted by Gasteiger charge is -2.07. The van der Waals surface area contributed by atoms with Crippen molar-refractivity contribution in [2.45, 2.75) is 148 Å². The molecule has 0 spiro atoms. The van der Waals surface area contributed by atoms with Crippen LogP contribution >= 0.6 is 0 Å². The van der Waals surface area contributed by atoms with Gasteiger partial charge < -0.3 is 14.3 Å². The van der Waals surface area contributed by atoms with Crippen LogP contribution in [0.2, 0.25) is 0 Å². The highest BCUT2D eigenvalue weighted by molar-refractivity contribution is 5.48. The Morgan fingerprint density at radius 1 is 0.444 bits per heavy atom. The molecule has 0 saturated heterocycles. The second kappa shape index (κ2) is 28.2. The quantitative estimate of drug-likeness (QED) is 0.0807. The Bertz CT molecular complexity index is 545. The molecule has 0 aliphatic heterocycles. The summed E-state index contributed by atoms with van der Waals surface area (Å²) >= 11 is 0. The van der Waals surface area contributed by atoms with Crippen LogP contribution in [-0.4, -0.2) is 26.1 Å². The fraction of sp³-hybridized carbons (Fsp3) is 0.788. The predicted octanol–water partition coefficient (Wildman–Crippen LogP) is 10.3.